The molecule has 3 N–H and O–H groups in total. The number of carbonyl (C=O) groups excluding carboxylic acids is 1. The Morgan fingerprint density at radius 1 is 1.22 bits per heavy atom. The van der Waals surface area contributed by atoms with E-state index in [1.807, 2.05) is 18.2 Å². The number of nitrogens with zero attached hydrogens (tertiary/aromatic N) is 1. The van der Waals surface area contributed by atoms with Crippen LogP contribution in [-0.2, 0) is 4.74 Å². The highest BCUT2D eigenvalue weighted by Crippen LogP contribution is 2.19. The number of ether oxygens (including phenoxy) is 1. The third-order valence-electron chi connectivity index (χ3n) is 3.49. The van der Waals surface area contributed by atoms with Crippen molar-refractivity contribution in [2.24, 2.45) is 0 Å². The van der Waals surface area contributed by atoms with Gasteiger partial charge in [0.05, 0.1) is 17.5 Å². The first-order valence-corrected chi connectivity index (χ1v) is 7.21. The van der Waals surface area contributed by atoms with Gasteiger partial charge in [0, 0.05) is 17.8 Å². The Hall–Kier alpha value is -3.15. The smallest absolute Gasteiger partial charge is 0.350 e. The molecule has 3 aromatic rings. The minimum absolute atomic E-state index is 0.0275. The monoisotopic (exact) mass is 310 g/mol. The summed E-state index contributed by atoms with van der Waals surface area (Å²) in [6.07, 6.45) is 3.42. The van der Waals surface area contributed by atoms with Crippen molar-refractivity contribution in [2.75, 3.05) is 12.3 Å². The summed E-state index contributed by atoms with van der Waals surface area (Å²) in [5.74, 6) is -0.654. The summed E-state index contributed by atoms with van der Waals surface area (Å²) in [5.41, 5.74) is 6.92. The van der Waals surface area contributed by atoms with Crippen LogP contribution in [0.1, 0.15) is 17.3 Å². The molecule has 0 saturated heterocycles. The van der Waals surface area contributed by atoms with Crippen LogP contribution in [0.5, 0.6) is 0 Å². The lowest BCUT2D eigenvalue weighted by atomic mass is 10.1. The molecule has 0 saturated carbocycles. The Bertz CT molecular complexity index is 930. The number of aromatic amines is 1. The minimum atomic E-state index is -0.654. The summed E-state index contributed by atoms with van der Waals surface area (Å²) in [5, 5.41) is 0.741. The Labute approximate surface area is 132 Å². The molecule has 0 aliphatic carbocycles. The molecule has 3 rings (SSSR count). The maximum atomic E-state index is 12.4. The van der Waals surface area contributed by atoms with E-state index in [0.717, 1.165) is 5.39 Å². The van der Waals surface area contributed by atoms with E-state index in [1.54, 1.807) is 42.1 Å². The van der Waals surface area contributed by atoms with Crippen LogP contribution in [0.25, 0.3) is 16.6 Å². The topological polar surface area (TPSA) is 89.1 Å². The number of para-hydroxylation sites is 1. The van der Waals surface area contributed by atoms with Gasteiger partial charge in [-0.25, -0.2) is 4.79 Å². The van der Waals surface area contributed by atoms with E-state index in [1.165, 1.54) is 0 Å². The molecule has 0 radical (unpaired) electrons. The number of esters is 1. The molecule has 0 aliphatic heterocycles. The summed E-state index contributed by atoms with van der Waals surface area (Å²) in [4.78, 5) is 27.4. The summed E-state index contributed by atoms with van der Waals surface area (Å²) < 4.78 is 6.74. The van der Waals surface area contributed by atoms with Gasteiger partial charge in [-0.2, -0.15) is 4.57 Å². The number of rotatable bonds is 3. The van der Waals surface area contributed by atoms with Gasteiger partial charge < -0.3 is 15.5 Å². The zero-order chi connectivity index (χ0) is 16.4. The molecule has 6 nitrogen and oxygen atoms in total. The number of anilines is 1. The number of nitrogens with one attached hydrogen (secondary N) is 1. The van der Waals surface area contributed by atoms with Crippen molar-refractivity contribution in [3.8, 4) is 5.69 Å². The van der Waals surface area contributed by atoms with Crippen molar-refractivity contribution in [2.45, 2.75) is 6.92 Å². The predicted molar refractivity (Wildman–Crippen MR) is 86.5 cm³/mol. The molecule has 0 amide bonds. The molecule has 0 unspecified atom stereocenters. The highest BCUT2D eigenvalue weighted by atomic mass is 16.5. The summed E-state index contributed by atoms with van der Waals surface area (Å²) in [7, 11) is 0. The third-order valence-corrected chi connectivity index (χ3v) is 3.49. The van der Waals surface area contributed by atoms with E-state index in [2.05, 4.69) is 4.98 Å². The number of nitrogens with two attached hydrogens (primary N) is 1. The lowest BCUT2D eigenvalue weighted by molar-refractivity contribution is -0.594. The van der Waals surface area contributed by atoms with E-state index >= 15 is 0 Å². The highest BCUT2D eigenvalue weighted by molar-refractivity contribution is 5.99. The first kappa shape index (κ1) is 14.8. The number of aromatic nitrogens is 2. The Morgan fingerprint density at radius 2 is 1.91 bits per heavy atom. The van der Waals surface area contributed by atoms with Crippen molar-refractivity contribution in [3.63, 3.8) is 0 Å². The summed E-state index contributed by atoms with van der Waals surface area (Å²) in [6.45, 7) is 1.89. The summed E-state index contributed by atoms with van der Waals surface area (Å²) in [6, 6.07) is 10.7. The van der Waals surface area contributed by atoms with E-state index < -0.39 is 11.5 Å². The van der Waals surface area contributed by atoms with E-state index in [-0.39, 0.29) is 12.2 Å². The van der Waals surface area contributed by atoms with Crippen LogP contribution in [0.3, 0.4) is 0 Å². The van der Waals surface area contributed by atoms with Gasteiger partial charge in [-0.3, -0.25) is 4.79 Å². The second-order valence-electron chi connectivity index (χ2n) is 4.98. The van der Waals surface area contributed by atoms with Crippen molar-refractivity contribution >= 4 is 22.6 Å². The third kappa shape index (κ3) is 2.66. The lowest BCUT2D eigenvalue weighted by Crippen LogP contribution is -2.36. The standard InChI is InChI=1S/C17H15N3O3/c1-2-23-17(22)14-15(20-9-7-11(18)8-10-20)12-5-3-4-6-13(12)19-16(14)21/h3-10,18H,2H2,1H3,(H,19,21,22)/p+1. The Kier molecular flexibility index (Phi) is 3.80. The second kappa shape index (κ2) is 5.92. The molecule has 0 bridgehead atoms. The largest absolute Gasteiger partial charge is 0.462 e. The molecule has 1 aromatic carbocycles. The first-order valence-electron chi connectivity index (χ1n) is 7.21. The van der Waals surface area contributed by atoms with Crippen molar-refractivity contribution in [3.05, 3.63) is 64.7 Å². The van der Waals surface area contributed by atoms with Crippen molar-refractivity contribution in [1.82, 2.24) is 4.98 Å². The maximum Gasteiger partial charge on any atom is 0.350 e. The number of fused-ring (bicyclic) bond motifs is 1. The number of H-pyrrole nitrogens is 1. The predicted octanol–water partition coefficient (Wildman–Crippen LogP) is 1.56. The van der Waals surface area contributed by atoms with Gasteiger partial charge in [-0.1, -0.05) is 12.1 Å². The Balaban J connectivity index is 2.39. The van der Waals surface area contributed by atoms with Crippen LogP contribution >= 0.6 is 0 Å². The molecular weight excluding hydrogens is 294 g/mol. The van der Waals surface area contributed by atoms with Gasteiger partial charge in [0.15, 0.2) is 18.0 Å². The molecule has 0 atom stereocenters. The number of benzene rings is 1. The van der Waals surface area contributed by atoms with Crippen LogP contribution in [-0.4, -0.2) is 17.6 Å². The lowest BCUT2D eigenvalue weighted by Gasteiger charge is -2.07. The molecule has 0 aliphatic rings. The van der Waals surface area contributed by atoms with Crippen molar-refractivity contribution < 1.29 is 14.1 Å². The van der Waals surface area contributed by atoms with Gasteiger partial charge >= 0.3 is 5.97 Å². The first-order chi connectivity index (χ1) is 11.1. The summed E-state index contributed by atoms with van der Waals surface area (Å²) >= 11 is 0. The molecule has 116 valence electrons. The molecule has 2 aromatic heterocycles. The fraction of sp³-hybridized carbons (Fsp3) is 0.118. The van der Waals surface area contributed by atoms with Crippen LogP contribution in [0.2, 0.25) is 0 Å². The average Bonchev–Trinajstić information content (AvgIpc) is 2.54. The van der Waals surface area contributed by atoms with Crippen LogP contribution in [0, 0.1) is 0 Å². The van der Waals surface area contributed by atoms with Gasteiger partial charge in [0.2, 0.25) is 5.69 Å². The van der Waals surface area contributed by atoms with Gasteiger partial charge in [-0.05, 0) is 19.1 Å². The highest BCUT2D eigenvalue weighted by Gasteiger charge is 2.27. The average molecular weight is 310 g/mol. The number of carbonyl (C=O) groups is 1. The number of nitrogen functional groups attached to an aromatic ring is 1. The minimum Gasteiger partial charge on any atom is -0.462 e. The second-order valence-corrected chi connectivity index (χ2v) is 4.98. The fourth-order valence-corrected chi connectivity index (χ4v) is 2.47. The van der Waals surface area contributed by atoms with Gasteiger partial charge in [-0.15, -0.1) is 0 Å². The number of hydrogen-bond donors (Lipinski definition) is 2. The van der Waals surface area contributed by atoms with E-state index in [0.29, 0.717) is 16.9 Å². The van der Waals surface area contributed by atoms with E-state index in [9.17, 15) is 9.59 Å². The normalized spacial score (nSPS) is 10.7. The molecule has 0 spiro atoms. The number of pyridine rings is 2. The van der Waals surface area contributed by atoms with Crippen LogP contribution < -0.4 is 15.9 Å². The molecular formula is C17H16N3O3+. The Morgan fingerprint density at radius 3 is 2.61 bits per heavy atom. The fourth-order valence-electron chi connectivity index (χ4n) is 2.47. The quantitative estimate of drug-likeness (QED) is 0.567. The van der Waals surface area contributed by atoms with Gasteiger partial charge in [0.25, 0.3) is 5.56 Å². The zero-order valence-corrected chi connectivity index (χ0v) is 12.6. The zero-order valence-electron chi connectivity index (χ0n) is 12.6. The molecule has 23 heavy (non-hydrogen) atoms. The number of hydrogen-bond acceptors (Lipinski definition) is 4. The van der Waals surface area contributed by atoms with Crippen molar-refractivity contribution in [1.29, 1.82) is 0 Å². The van der Waals surface area contributed by atoms with Gasteiger partial charge in [0.1, 0.15) is 0 Å². The van der Waals surface area contributed by atoms with Crippen LogP contribution in [0.15, 0.2) is 53.6 Å². The van der Waals surface area contributed by atoms with E-state index in [4.69, 9.17) is 10.5 Å². The SMILES string of the molecule is CCOC(=O)c1c(-[n+]2ccc(N)cc2)c2ccccc2[nH]c1=O. The maximum absolute atomic E-state index is 12.4. The van der Waals surface area contributed by atoms with Crippen LogP contribution in [0.4, 0.5) is 5.69 Å². The molecule has 0 fully saturated rings. The molecule has 2 heterocycles. The molecule has 6 heteroatoms.